The van der Waals surface area contributed by atoms with E-state index in [9.17, 15) is 14.7 Å². The first-order chi connectivity index (χ1) is 9.79. The summed E-state index contributed by atoms with van der Waals surface area (Å²) in [6.45, 7) is 1.92. The SMILES string of the molecule is Cc1cc(Br)c(NC(=O)N2C[C@H](O)C[C@H]2C(=O)O)c(Br)c1. The lowest BCUT2D eigenvalue weighted by Gasteiger charge is -2.22. The van der Waals surface area contributed by atoms with Crippen molar-refractivity contribution in [3.8, 4) is 0 Å². The molecule has 2 amide bonds. The van der Waals surface area contributed by atoms with Gasteiger partial charge in [0, 0.05) is 21.9 Å². The molecule has 2 atom stereocenters. The number of carboxylic acids is 1. The average molecular weight is 422 g/mol. The van der Waals surface area contributed by atoms with E-state index in [0.717, 1.165) is 10.5 Å². The number of rotatable bonds is 2. The van der Waals surface area contributed by atoms with E-state index in [4.69, 9.17) is 5.11 Å². The Bertz CT molecular complexity index is 571. The van der Waals surface area contributed by atoms with E-state index in [0.29, 0.717) is 14.6 Å². The zero-order valence-electron chi connectivity index (χ0n) is 11.1. The number of aliphatic carboxylic acids is 1. The molecule has 0 spiro atoms. The van der Waals surface area contributed by atoms with E-state index in [1.165, 1.54) is 0 Å². The second-order valence-corrected chi connectivity index (χ2v) is 6.64. The van der Waals surface area contributed by atoms with Crippen LogP contribution in [0, 0.1) is 6.92 Å². The van der Waals surface area contributed by atoms with Gasteiger partial charge in [-0.05, 0) is 56.5 Å². The number of likely N-dealkylation sites (tertiary alicyclic amines) is 1. The van der Waals surface area contributed by atoms with E-state index in [-0.39, 0.29) is 13.0 Å². The number of amides is 2. The van der Waals surface area contributed by atoms with Crippen molar-refractivity contribution in [2.24, 2.45) is 0 Å². The number of nitrogens with one attached hydrogen (secondary N) is 1. The first-order valence-corrected chi connectivity index (χ1v) is 7.82. The van der Waals surface area contributed by atoms with Gasteiger partial charge in [-0.15, -0.1) is 0 Å². The fourth-order valence-electron chi connectivity index (χ4n) is 2.27. The van der Waals surface area contributed by atoms with Gasteiger partial charge in [0.1, 0.15) is 6.04 Å². The van der Waals surface area contributed by atoms with Crippen molar-refractivity contribution in [3.05, 3.63) is 26.6 Å². The molecule has 1 saturated heterocycles. The summed E-state index contributed by atoms with van der Waals surface area (Å²) in [5, 5.41) is 21.4. The summed E-state index contributed by atoms with van der Waals surface area (Å²) in [5.41, 5.74) is 1.53. The molecular formula is C13H14Br2N2O4. The standard InChI is InChI=1S/C13H14Br2N2O4/c1-6-2-8(14)11(9(15)3-6)16-13(21)17-5-7(18)4-10(17)12(19)20/h2-3,7,10,18H,4-5H2,1H3,(H,16,21)(H,19,20)/t7-,10+/m1/s1. The average Bonchev–Trinajstić information content (AvgIpc) is 2.76. The molecule has 1 aliphatic rings. The van der Waals surface area contributed by atoms with Crippen LogP contribution in [0.3, 0.4) is 0 Å². The molecule has 8 heteroatoms. The lowest BCUT2D eigenvalue weighted by atomic mass is 10.2. The van der Waals surface area contributed by atoms with E-state index in [2.05, 4.69) is 37.2 Å². The fourth-order valence-corrected chi connectivity index (χ4v) is 3.88. The monoisotopic (exact) mass is 420 g/mol. The quantitative estimate of drug-likeness (QED) is 0.684. The number of carbonyl (C=O) groups is 2. The summed E-state index contributed by atoms with van der Waals surface area (Å²) in [5.74, 6) is -1.12. The molecule has 1 fully saturated rings. The van der Waals surface area contributed by atoms with Gasteiger partial charge in [-0.3, -0.25) is 0 Å². The molecular weight excluding hydrogens is 408 g/mol. The molecule has 0 saturated carbocycles. The Morgan fingerprint density at radius 3 is 2.43 bits per heavy atom. The lowest BCUT2D eigenvalue weighted by Crippen LogP contribution is -2.43. The molecule has 1 heterocycles. The van der Waals surface area contributed by atoms with Crippen LogP contribution in [0.4, 0.5) is 10.5 Å². The molecule has 0 radical (unpaired) electrons. The Morgan fingerprint density at radius 2 is 1.90 bits per heavy atom. The summed E-state index contributed by atoms with van der Waals surface area (Å²) < 4.78 is 1.38. The molecule has 0 unspecified atom stereocenters. The minimum atomic E-state index is -1.12. The van der Waals surface area contributed by atoms with Gasteiger partial charge >= 0.3 is 12.0 Å². The molecule has 0 bridgehead atoms. The number of halogens is 2. The minimum absolute atomic E-state index is 0.00387. The van der Waals surface area contributed by atoms with Crippen LogP contribution in [-0.4, -0.2) is 45.8 Å². The Kier molecular flexibility index (Phi) is 4.90. The number of carboxylic acid groups (broad SMARTS) is 1. The number of urea groups is 1. The highest BCUT2D eigenvalue weighted by Gasteiger charge is 2.39. The van der Waals surface area contributed by atoms with Crippen LogP contribution in [0.2, 0.25) is 0 Å². The number of hydrogen-bond donors (Lipinski definition) is 3. The zero-order chi connectivity index (χ0) is 15.7. The third-order valence-corrected chi connectivity index (χ3v) is 4.49. The van der Waals surface area contributed by atoms with Crippen molar-refractivity contribution < 1.29 is 19.8 Å². The van der Waals surface area contributed by atoms with E-state index < -0.39 is 24.1 Å². The zero-order valence-corrected chi connectivity index (χ0v) is 14.3. The minimum Gasteiger partial charge on any atom is -0.480 e. The molecule has 1 aromatic rings. The highest BCUT2D eigenvalue weighted by Crippen LogP contribution is 2.33. The smallest absolute Gasteiger partial charge is 0.326 e. The third-order valence-electron chi connectivity index (χ3n) is 3.24. The summed E-state index contributed by atoms with van der Waals surface area (Å²) in [7, 11) is 0. The maximum absolute atomic E-state index is 12.3. The maximum Gasteiger partial charge on any atom is 0.326 e. The predicted octanol–water partition coefficient (Wildman–Crippen LogP) is 2.57. The van der Waals surface area contributed by atoms with Crippen LogP contribution >= 0.6 is 31.9 Å². The van der Waals surface area contributed by atoms with Crippen molar-refractivity contribution in [2.45, 2.75) is 25.5 Å². The van der Waals surface area contributed by atoms with Gasteiger partial charge in [-0.2, -0.15) is 0 Å². The van der Waals surface area contributed by atoms with Crippen LogP contribution in [0.1, 0.15) is 12.0 Å². The maximum atomic E-state index is 12.3. The highest BCUT2D eigenvalue weighted by molar-refractivity contribution is 9.11. The van der Waals surface area contributed by atoms with E-state index in [1.807, 2.05) is 19.1 Å². The number of anilines is 1. The Hall–Kier alpha value is -1.12. The molecule has 114 valence electrons. The van der Waals surface area contributed by atoms with Crippen LogP contribution in [0.25, 0.3) is 0 Å². The topological polar surface area (TPSA) is 89.9 Å². The number of carbonyl (C=O) groups excluding carboxylic acids is 1. The largest absolute Gasteiger partial charge is 0.480 e. The predicted molar refractivity (Wildman–Crippen MR) is 84.4 cm³/mol. The van der Waals surface area contributed by atoms with Crippen LogP contribution in [0.15, 0.2) is 21.1 Å². The van der Waals surface area contributed by atoms with Crippen molar-refractivity contribution in [3.63, 3.8) is 0 Å². The van der Waals surface area contributed by atoms with Gasteiger partial charge in [0.2, 0.25) is 0 Å². The lowest BCUT2D eigenvalue weighted by molar-refractivity contribution is -0.141. The first kappa shape index (κ1) is 16.3. The third kappa shape index (κ3) is 3.56. The van der Waals surface area contributed by atoms with Crippen molar-refractivity contribution >= 4 is 49.5 Å². The summed E-state index contributed by atoms with van der Waals surface area (Å²) in [6.07, 6.45) is -0.777. The number of hydrogen-bond acceptors (Lipinski definition) is 3. The second kappa shape index (κ2) is 6.33. The van der Waals surface area contributed by atoms with Crippen molar-refractivity contribution in [1.29, 1.82) is 0 Å². The Balaban J connectivity index is 2.20. The summed E-state index contributed by atoms with van der Waals surface area (Å²) in [4.78, 5) is 24.5. The van der Waals surface area contributed by atoms with Crippen molar-refractivity contribution in [1.82, 2.24) is 4.90 Å². The number of nitrogens with zero attached hydrogens (tertiary/aromatic N) is 1. The van der Waals surface area contributed by atoms with Gasteiger partial charge in [0.05, 0.1) is 11.8 Å². The van der Waals surface area contributed by atoms with Crippen LogP contribution in [0.5, 0.6) is 0 Å². The molecule has 2 rings (SSSR count). The Labute approximate surface area is 138 Å². The van der Waals surface area contributed by atoms with Crippen LogP contribution in [-0.2, 0) is 4.79 Å². The summed E-state index contributed by atoms with van der Waals surface area (Å²) in [6, 6.07) is 2.12. The molecule has 3 N–H and O–H groups in total. The second-order valence-electron chi connectivity index (χ2n) is 4.93. The molecule has 6 nitrogen and oxygen atoms in total. The molecule has 1 aromatic carbocycles. The molecule has 1 aliphatic heterocycles. The van der Waals surface area contributed by atoms with Gasteiger partial charge in [-0.1, -0.05) is 0 Å². The van der Waals surface area contributed by atoms with Gasteiger partial charge in [0.15, 0.2) is 0 Å². The first-order valence-electron chi connectivity index (χ1n) is 6.23. The number of aliphatic hydroxyl groups excluding tert-OH is 1. The van der Waals surface area contributed by atoms with E-state index >= 15 is 0 Å². The van der Waals surface area contributed by atoms with E-state index in [1.54, 1.807) is 0 Å². The molecule has 21 heavy (non-hydrogen) atoms. The normalized spacial score (nSPS) is 21.4. The van der Waals surface area contributed by atoms with Crippen molar-refractivity contribution in [2.75, 3.05) is 11.9 Å². The van der Waals surface area contributed by atoms with Crippen LogP contribution < -0.4 is 5.32 Å². The fraction of sp³-hybridized carbons (Fsp3) is 0.385. The molecule has 0 aromatic heterocycles. The van der Waals surface area contributed by atoms with Gasteiger partial charge in [0.25, 0.3) is 0 Å². The van der Waals surface area contributed by atoms with Gasteiger partial charge < -0.3 is 20.4 Å². The number of aliphatic hydroxyl groups is 1. The summed E-state index contributed by atoms with van der Waals surface area (Å²) >= 11 is 6.72. The number of β-amino-alcohol motifs (C(OH)–C–C–N with tert-alkyl or cyclic N) is 1. The van der Waals surface area contributed by atoms with Gasteiger partial charge in [-0.25, -0.2) is 9.59 Å². The number of aryl methyl sites for hydroxylation is 1. The number of benzene rings is 1. The Morgan fingerprint density at radius 1 is 1.33 bits per heavy atom. The highest BCUT2D eigenvalue weighted by atomic mass is 79.9. The molecule has 0 aliphatic carbocycles.